The first-order valence-electron chi connectivity index (χ1n) is 3.53. The van der Waals surface area contributed by atoms with Gasteiger partial charge in [-0.3, -0.25) is 0 Å². The van der Waals surface area contributed by atoms with Crippen LogP contribution in [0, 0.1) is 6.01 Å². The minimum atomic E-state index is -0.531. The van der Waals surface area contributed by atoms with E-state index in [-0.39, 0.29) is 0 Å². The molecule has 0 aliphatic carbocycles. The second kappa shape index (κ2) is 2.90. The molecule has 2 rings (SSSR count). The van der Waals surface area contributed by atoms with Crippen LogP contribution >= 0.6 is 15.9 Å². The SMILES string of the molecule is Fc1cc2ccc(CBr)cc2o1. The summed E-state index contributed by atoms with van der Waals surface area (Å²) < 4.78 is 17.4. The highest BCUT2D eigenvalue weighted by Gasteiger charge is 2.02. The number of hydrogen-bond acceptors (Lipinski definition) is 1. The third-order valence-electron chi connectivity index (χ3n) is 1.71. The van der Waals surface area contributed by atoms with Crippen LogP contribution in [0.1, 0.15) is 5.56 Å². The summed E-state index contributed by atoms with van der Waals surface area (Å²) in [6.07, 6.45) is 0. The van der Waals surface area contributed by atoms with Crippen LogP contribution in [0.25, 0.3) is 11.0 Å². The molecule has 1 aromatic carbocycles. The summed E-state index contributed by atoms with van der Waals surface area (Å²) in [6, 6.07) is 6.46. The van der Waals surface area contributed by atoms with Crippen molar-refractivity contribution in [3.63, 3.8) is 0 Å². The third-order valence-corrected chi connectivity index (χ3v) is 2.36. The molecule has 0 bridgehead atoms. The van der Waals surface area contributed by atoms with Crippen molar-refractivity contribution in [1.82, 2.24) is 0 Å². The summed E-state index contributed by atoms with van der Waals surface area (Å²) in [4.78, 5) is 0. The van der Waals surface area contributed by atoms with Crippen molar-refractivity contribution in [2.75, 3.05) is 0 Å². The maximum Gasteiger partial charge on any atom is 0.278 e. The highest BCUT2D eigenvalue weighted by Crippen LogP contribution is 2.20. The molecule has 0 spiro atoms. The molecule has 1 heterocycles. The van der Waals surface area contributed by atoms with Gasteiger partial charge in [0.05, 0.1) is 0 Å². The Labute approximate surface area is 77.3 Å². The molecule has 1 nitrogen and oxygen atoms in total. The zero-order chi connectivity index (χ0) is 8.55. The number of rotatable bonds is 1. The zero-order valence-corrected chi connectivity index (χ0v) is 7.77. The molecule has 12 heavy (non-hydrogen) atoms. The van der Waals surface area contributed by atoms with Crippen LogP contribution in [-0.2, 0) is 5.33 Å². The molecule has 0 N–H and O–H groups in total. The molecule has 0 fully saturated rings. The Morgan fingerprint density at radius 2 is 2.17 bits per heavy atom. The second-order valence-corrected chi connectivity index (χ2v) is 3.12. The predicted octanol–water partition coefficient (Wildman–Crippen LogP) is 3.47. The molecule has 0 unspecified atom stereocenters. The Kier molecular flexibility index (Phi) is 1.89. The quantitative estimate of drug-likeness (QED) is 0.682. The van der Waals surface area contributed by atoms with Crippen molar-refractivity contribution in [1.29, 1.82) is 0 Å². The molecule has 62 valence electrons. The van der Waals surface area contributed by atoms with E-state index in [1.165, 1.54) is 6.07 Å². The van der Waals surface area contributed by atoms with Crippen molar-refractivity contribution in [3.8, 4) is 0 Å². The van der Waals surface area contributed by atoms with Gasteiger partial charge in [0.15, 0.2) is 0 Å². The normalized spacial score (nSPS) is 10.8. The van der Waals surface area contributed by atoms with E-state index in [9.17, 15) is 4.39 Å². The first-order valence-corrected chi connectivity index (χ1v) is 4.65. The minimum absolute atomic E-state index is 0.531. The van der Waals surface area contributed by atoms with Gasteiger partial charge in [-0.05, 0) is 11.6 Å². The fourth-order valence-electron chi connectivity index (χ4n) is 1.13. The molecule has 1 aromatic heterocycles. The van der Waals surface area contributed by atoms with Crippen LogP contribution in [0.3, 0.4) is 0 Å². The van der Waals surface area contributed by atoms with Crippen LogP contribution in [-0.4, -0.2) is 0 Å². The smallest absolute Gasteiger partial charge is 0.278 e. The lowest BCUT2D eigenvalue weighted by molar-refractivity contribution is 0.381. The highest BCUT2D eigenvalue weighted by molar-refractivity contribution is 9.08. The van der Waals surface area contributed by atoms with Gasteiger partial charge < -0.3 is 4.42 Å². The van der Waals surface area contributed by atoms with Gasteiger partial charge in [0.1, 0.15) is 5.58 Å². The number of benzene rings is 1. The van der Waals surface area contributed by atoms with E-state index >= 15 is 0 Å². The molecule has 0 aliphatic heterocycles. The number of furan rings is 1. The molecule has 0 radical (unpaired) electrons. The van der Waals surface area contributed by atoms with Crippen molar-refractivity contribution in [3.05, 3.63) is 35.8 Å². The van der Waals surface area contributed by atoms with Gasteiger partial charge in [0.2, 0.25) is 0 Å². The average Bonchev–Trinajstić information content (AvgIpc) is 2.43. The topological polar surface area (TPSA) is 13.1 Å². The predicted molar refractivity (Wildman–Crippen MR) is 48.8 cm³/mol. The van der Waals surface area contributed by atoms with E-state index < -0.39 is 6.01 Å². The first-order chi connectivity index (χ1) is 5.79. The summed E-state index contributed by atoms with van der Waals surface area (Å²) in [6.45, 7) is 0. The standard InChI is InChI=1S/C9H6BrFO/c10-5-6-1-2-7-4-9(11)12-8(7)3-6/h1-4H,5H2. The van der Waals surface area contributed by atoms with Gasteiger partial charge in [-0.2, -0.15) is 4.39 Å². The number of alkyl halides is 1. The Balaban J connectivity index is 2.66. The van der Waals surface area contributed by atoms with Crippen LogP contribution in [0.15, 0.2) is 28.7 Å². The Morgan fingerprint density at radius 3 is 2.92 bits per heavy atom. The van der Waals surface area contributed by atoms with Gasteiger partial charge in [0.25, 0.3) is 6.01 Å². The molecule has 3 heteroatoms. The number of hydrogen-bond donors (Lipinski definition) is 0. The van der Waals surface area contributed by atoms with E-state index in [0.717, 1.165) is 16.3 Å². The summed E-state index contributed by atoms with van der Waals surface area (Å²) in [5.74, 6) is 0. The van der Waals surface area contributed by atoms with Gasteiger partial charge in [-0.25, -0.2) is 0 Å². The van der Waals surface area contributed by atoms with Gasteiger partial charge in [0, 0.05) is 16.8 Å². The summed E-state index contributed by atoms with van der Waals surface area (Å²) in [5.41, 5.74) is 1.68. The molecule has 0 saturated heterocycles. The van der Waals surface area contributed by atoms with Crippen LogP contribution in [0.5, 0.6) is 0 Å². The monoisotopic (exact) mass is 228 g/mol. The van der Waals surface area contributed by atoms with Crippen molar-refractivity contribution < 1.29 is 8.81 Å². The van der Waals surface area contributed by atoms with E-state index in [2.05, 4.69) is 15.9 Å². The van der Waals surface area contributed by atoms with E-state index in [4.69, 9.17) is 4.42 Å². The summed E-state index contributed by atoms with van der Waals surface area (Å²) in [7, 11) is 0. The highest BCUT2D eigenvalue weighted by atomic mass is 79.9. The van der Waals surface area contributed by atoms with E-state index in [1.807, 2.05) is 18.2 Å². The van der Waals surface area contributed by atoms with Gasteiger partial charge in [-0.1, -0.05) is 28.1 Å². The zero-order valence-electron chi connectivity index (χ0n) is 6.18. The van der Waals surface area contributed by atoms with Crippen molar-refractivity contribution in [2.45, 2.75) is 5.33 Å². The average molecular weight is 229 g/mol. The Bertz CT molecular complexity index is 408. The van der Waals surface area contributed by atoms with Crippen molar-refractivity contribution in [2.24, 2.45) is 0 Å². The molecule has 0 amide bonds. The summed E-state index contributed by atoms with van der Waals surface area (Å²) in [5, 5.41) is 1.56. The molecule has 2 aromatic rings. The molecule has 0 atom stereocenters. The van der Waals surface area contributed by atoms with Crippen molar-refractivity contribution >= 4 is 26.9 Å². The first kappa shape index (κ1) is 7.80. The van der Waals surface area contributed by atoms with Gasteiger partial charge >= 0.3 is 0 Å². The summed E-state index contributed by atoms with van der Waals surface area (Å²) >= 11 is 3.31. The Hall–Kier alpha value is -0.830. The molecular weight excluding hydrogens is 223 g/mol. The van der Waals surface area contributed by atoms with Crippen LogP contribution in [0.4, 0.5) is 4.39 Å². The fourth-order valence-corrected chi connectivity index (χ4v) is 1.48. The Morgan fingerprint density at radius 1 is 1.33 bits per heavy atom. The third kappa shape index (κ3) is 1.25. The largest absolute Gasteiger partial charge is 0.431 e. The van der Waals surface area contributed by atoms with Crippen LogP contribution < -0.4 is 0 Å². The fraction of sp³-hybridized carbons (Fsp3) is 0.111. The van der Waals surface area contributed by atoms with Crippen LogP contribution in [0.2, 0.25) is 0 Å². The lowest BCUT2D eigenvalue weighted by Crippen LogP contribution is -1.73. The maximum atomic E-state index is 12.6. The molecular formula is C9H6BrFO. The van der Waals surface area contributed by atoms with E-state index in [0.29, 0.717) is 5.58 Å². The lowest BCUT2D eigenvalue weighted by atomic mass is 10.2. The second-order valence-electron chi connectivity index (χ2n) is 2.56. The lowest BCUT2D eigenvalue weighted by Gasteiger charge is -1.92. The van der Waals surface area contributed by atoms with E-state index in [1.54, 1.807) is 0 Å². The minimum Gasteiger partial charge on any atom is -0.431 e. The molecule has 0 aliphatic rings. The maximum absolute atomic E-state index is 12.6. The number of halogens is 2. The molecule has 0 saturated carbocycles. The number of fused-ring (bicyclic) bond motifs is 1. The van der Waals surface area contributed by atoms with Gasteiger partial charge in [-0.15, -0.1) is 0 Å².